The summed E-state index contributed by atoms with van der Waals surface area (Å²) in [6.07, 6.45) is 2.41. The third-order valence-electron chi connectivity index (χ3n) is 5.58. The van der Waals surface area contributed by atoms with Gasteiger partial charge in [-0.05, 0) is 57.2 Å². The molecule has 1 aromatic heterocycles. The molecule has 2 aliphatic rings. The van der Waals surface area contributed by atoms with E-state index in [1.165, 1.54) is 26.2 Å². The number of esters is 1. The van der Waals surface area contributed by atoms with Crippen LogP contribution in [0.1, 0.15) is 31.9 Å². The van der Waals surface area contributed by atoms with Crippen molar-refractivity contribution in [3.63, 3.8) is 0 Å². The van der Waals surface area contributed by atoms with Gasteiger partial charge in [0, 0.05) is 22.9 Å². The predicted molar refractivity (Wildman–Crippen MR) is 120 cm³/mol. The van der Waals surface area contributed by atoms with E-state index in [0.29, 0.717) is 28.4 Å². The number of aliphatic hydroxyl groups is 1. The first kappa shape index (κ1) is 22.5. The van der Waals surface area contributed by atoms with E-state index >= 15 is 0 Å². The smallest absolute Gasteiger partial charge is 0.331 e. The average molecular weight is 453 g/mol. The molecule has 0 aliphatic carbocycles. The molecule has 0 saturated heterocycles. The number of anilines is 2. The molecular weight excluding hydrogens is 429 g/mol. The number of rotatable bonds is 5. The molecule has 0 unspecified atom stereocenters. The van der Waals surface area contributed by atoms with Gasteiger partial charge in [-0.25, -0.2) is 14.2 Å². The van der Waals surface area contributed by atoms with Gasteiger partial charge in [-0.1, -0.05) is 0 Å². The Morgan fingerprint density at radius 3 is 2.70 bits per heavy atom. The Labute approximate surface area is 190 Å². The molecule has 3 N–H and O–H groups in total. The highest BCUT2D eigenvalue weighted by molar-refractivity contribution is 6.32. The third kappa shape index (κ3) is 4.19. The number of pyridine rings is 1. The molecule has 0 radical (unpaired) electrons. The van der Waals surface area contributed by atoms with Crippen LogP contribution in [0.15, 0.2) is 48.4 Å². The molecule has 172 valence electrons. The second-order valence-corrected chi connectivity index (χ2v) is 8.37. The monoisotopic (exact) mass is 453 g/mol. The molecule has 2 aromatic rings. The summed E-state index contributed by atoms with van der Waals surface area (Å²) in [5, 5.41) is 15.4. The van der Waals surface area contributed by atoms with E-state index in [1.54, 1.807) is 30.5 Å². The number of carbonyl (C=O) groups is 2. The van der Waals surface area contributed by atoms with Crippen molar-refractivity contribution >= 4 is 34.5 Å². The Hall–Kier alpha value is -3.72. The summed E-state index contributed by atoms with van der Waals surface area (Å²) in [7, 11) is 1.25. The molecule has 1 aromatic carbocycles. The minimum atomic E-state index is -0.980. The molecule has 4 rings (SSSR count). The SMILES string of the molecule is COC(=O)[C@@H](Nc1ccc(C2=CC(=C3C(=O)Nc4cc(F)ccc43)OC2(C)C)cn1)[C@@H](C)O. The quantitative estimate of drug-likeness (QED) is 0.471. The summed E-state index contributed by atoms with van der Waals surface area (Å²) in [6, 6.07) is 6.64. The summed E-state index contributed by atoms with van der Waals surface area (Å²) in [5.41, 5.74) is 2.13. The van der Waals surface area contributed by atoms with Gasteiger partial charge in [0.25, 0.3) is 5.91 Å². The Balaban J connectivity index is 1.66. The minimum Gasteiger partial charge on any atom is -0.482 e. The second kappa shape index (κ2) is 8.32. The molecule has 0 saturated carbocycles. The van der Waals surface area contributed by atoms with Crippen molar-refractivity contribution in [2.24, 2.45) is 0 Å². The average Bonchev–Trinajstić information content (AvgIpc) is 3.25. The van der Waals surface area contributed by atoms with Crippen molar-refractivity contribution in [1.29, 1.82) is 0 Å². The van der Waals surface area contributed by atoms with Crippen molar-refractivity contribution in [2.45, 2.75) is 38.5 Å². The molecule has 2 atom stereocenters. The number of benzene rings is 1. The van der Waals surface area contributed by atoms with Crippen LogP contribution in [0.5, 0.6) is 0 Å². The first-order chi connectivity index (χ1) is 15.6. The van der Waals surface area contributed by atoms with Crippen LogP contribution in [0.25, 0.3) is 11.1 Å². The molecule has 0 spiro atoms. The van der Waals surface area contributed by atoms with Crippen molar-refractivity contribution in [1.82, 2.24) is 4.98 Å². The summed E-state index contributed by atoms with van der Waals surface area (Å²) in [5.74, 6) is -0.621. The molecule has 0 fully saturated rings. The van der Waals surface area contributed by atoms with Crippen LogP contribution >= 0.6 is 0 Å². The molecular formula is C24H24FN3O5. The lowest BCUT2D eigenvalue weighted by Gasteiger charge is -2.24. The Morgan fingerprint density at radius 1 is 1.30 bits per heavy atom. The highest BCUT2D eigenvalue weighted by Crippen LogP contribution is 2.44. The van der Waals surface area contributed by atoms with Gasteiger partial charge in [0.15, 0.2) is 6.04 Å². The lowest BCUT2D eigenvalue weighted by molar-refractivity contribution is -0.143. The molecule has 0 bridgehead atoms. The van der Waals surface area contributed by atoms with Gasteiger partial charge in [0.1, 0.15) is 23.0 Å². The van der Waals surface area contributed by atoms with E-state index < -0.39 is 29.5 Å². The number of amides is 1. The van der Waals surface area contributed by atoms with E-state index in [1.807, 2.05) is 13.8 Å². The summed E-state index contributed by atoms with van der Waals surface area (Å²) < 4.78 is 24.4. The molecule has 1 amide bonds. The predicted octanol–water partition coefficient (Wildman–Crippen LogP) is 3.11. The van der Waals surface area contributed by atoms with Crippen LogP contribution in [0.2, 0.25) is 0 Å². The number of aliphatic hydroxyl groups excluding tert-OH is 1. The largest absolute Gasteiger partial charge is 0.482 e. The number of nitrogens with one attached hydrogen (secondary N) is 2. The van der Waals surface area contributed by atoms with Gasteiger partial charge in [-0.15, -0.1) is 0 Å². The van der Waals surface area contributed by atoms with E-state index in [0.717, 1.165) is 11.1 Å². The number of aromatic nitrogens is 1. The first-order valence-corrected chi connectivity index (χ1v) is 10.4. The summed E-state index contributed by atoms with van der Waals surface area (Å²) in [6.45, 7) is 5.22. The normalized spacial score (nSPS) is 20.3. The van der Waals surface area contributed by atoms with Crippen LogP contribution in [0, 0.1) is 5.82 Å². The highest BCUT2D eigenvalue weighted by atomic mass is 19.1. The van der Waals surface area contributed by atoms with E-state index in [4.69, 9.17) is 9.47 Å². The number of hydrogen-bond acceptors (Lipinski definition) is 7. The fraction of sp³-hybridized carbons (Fsp3) is 0.292. The van der Waals surface area contributed by atoms with Crippen LogP contribution in [0.4, 0.5) is 15.9 Å². The van der Waals surface area contributed by atoms with E-state index in [2.05, 4.69) is 15.6 Å². The highest BCUT2D eigenvalue weighted by Gasteiger charge is 2.38. The number of halogens is 1. The fourth-order valence-electron chi connectivity index (χ4n) is 3.91. The first-order valence-electron chi connectivity index (χ1n) is 10.4. The minimum absolute atomic E-state index is 0.345. The van der Waals surface area contributed by atoms with Gasteiger partial charge in [0.05, 0.1) is 24.5 Å². The van der Waals surface area contributed by atoms with Crippen molar-refractivity contribution in [3.05, 3.63) is 65.3 Å². The third-order valence-corrected chi connectivity index (χ3v) is 5.58. The lowest BCUT2D eigenvalue weighted by atomic mass is 9.93. The Bertz CT molecular complexity index is 1190. The fourth-order valence-corrected chi connectivity index (χ4v) is 3.91. The maximum absolute atomic E-state index is 13.6. The number of carbonyl (C=O) groups excluding carboxylic acids is 2. The number of ether oxygens (including phenoxy) is 2. The van der Waals surface area contributed by atoms with E-state index in [9.17, 15) is 19.1 Å². The molecule has 3 heterocycles. The number of methoxy groups -OCH3 is 1. The van der Waals surface area contributed by atoms with Gasteiger partial charge in [-0.3, -0.25) is 4.79 Å². The molecule has 33 heavy (non-hydrogen) atoms. The topological polar surface area (TPSA) is 110 Å². The van der Waals surface area contributed by atoms with Crippen LogP contribution < -0.4 is 10.6 Å². The second-order valence-electron chi connectivity index (χ2n) is 8.37. The maximum Gasteiger partial charge on any atom is 0.331 e. The van der Waals surface area contributed by atoms with Crippen LogP contribution in [0.3, 0.4) is 0 Å². The van der Waals surface area contributed by atoms with E-state index in [-0.39, 0.29) is 5.91 Å². The van der Waals surface area contributed by atoms with Crippen molar-refractivity contribution in [2.75, 3.05) is 17.7 Å². The standard InChI is InChI=1S/C24H24FN3O5/c1-12(29)21(23(31)32-4)28-19-8-5-13(11-26-19)16-10-18(33-24(16,2)3)20-15-7-6-14(25)9-17(15)27-22(20)30/h5-12,21,29H,1-4H3,(H,26,28)(H,27,30)/t12-,21+/m1/s1. The van der Waals surface area contributed by atoms with Crippen LogP contribution in [-0.4, -0.2) is 46.8 Å². The van der Waals surface area contributed by atoms with Crippen molar-refractivity contribution in [3.8, 4) is 0 Å². The zero-order chi connectivity index (χ0) is 23.9. The van der Waals surface area contributed by atoms with Crippen molar-refractivity contribution < 1.29 is 28.6 Å². The zero-order valence-corrected chi connectivity index (χ0v) is 18.6. The van der Waals surface area contributed by atoms with Gasteiger partial charge < -0.3 is 25.2 Å². The molecule has 2 aliphatic heterocycles. The van der Waals surface area contributed by atoms with Gasteiger partial charge in [-0.2, -0.15) is 0 Å². The Morgan fingerprint density at radius 2 is 2.06 bits per heavy atom. The number of allylic oxidation sites excluding steroid dienone is 1. The summed E-state index contributed by atoms with van der Waals surface area (Å²) in [4.78, 5) is 28.8. The summed E-state index contributed by atoms with van der Waals surface area (Å²) >= 11 is 0. The molecule has 9 heteroatoms. The number of fused-ring (bicyclic) bond motifs is 1. The van der Waals surface area contributed by atoms with Gasteiger partial charge in [0.2, 0.25) is 0 Å². The lowest BCUT2D eigenvalue weighted by Crippen LogP contribution is -2.40. The Kier molecular flexibility index (Phi) is 5.67. The number of hydrogen-bond donors (Lipinski definition) is 3. The van der Waals surface area contributed by atoms with Gasteiger partial charge >= 0.3 is 5.97 Å². The number of nitrogens with zero attached hydrogens (tertiary/aromatic N) is 1. The van der Waals surface area contributed by atoms with Crippen LogP contribution in [-0.2, 0) is 19.1 Å². The molecule has 8 nitrogen and oxygen atoms in total. The maximum atomic E-state index is 13.6. The zero-order valence-electron chi connectivity index (χ0n) is 18.6.